The molecule has 0 bridgehead atoms. The van der Waals surface area contributed by atoms with Crippen molar-refractivity contribution in [3.63, 3.8) is 0 Å². The van der Waals surface area contributed by atoms with Gasteiger partial charge in [-0.25, -0.2) is 0 Å². The summed E-state index contributed by atoms with van der Waals surface area (Å²) in [4.78, 5) is 28.8. The summed E-state index contributed by atoms with van der Waals surface area (Å²) in [5.41, 5.74) is 3.13. The monoisotopic (exact) mass is 508 g/mol. The van der Waals surface area contributed by atoms with Crippen LogP contribution in [0.25, 0.3) is 6.08 Å². The summed E-state index contributed by atoms with van der Waals surface area (Å²) >= 11 is 7.30. The molecule has 0 saturated heterocycles. The van der Waals surface area contributed by atoms with Gasteiger partial charge in [0.25, 0.3) is 11.8 Å². The van der Waals surface area contributed by atoms with Crippen LogP contribution >= 0.6 is 23.4 Å². The molecule has 0 radical (unpaired) electrons. The van der Waals surface area contributed by atoms with Crippen LogP contribution in [0.15, 0.2) is 70.5 Å². The smallest absolute Gasteiger partial charge is 0.264 e. The van der Waals surface area contributed by atoms with Crippen molar-refractivity contribution in [1.29, 1.82) is 0 Å². The Labute approximate surface area is 213 Å². The number of hydrogen-bond donors (Lipinski definition) is 1. The lowest BCUT2D eigenvalue weighted by Gasteiger charge is -2.27. The minimum Gasteiger partial charge on any atom is -0.493 e. The number of benzene rings is 3. The second-order valence-corrected chi connectivity index (χ2v) is 9.42. The van der Waals surface area contributed by atoms with E-state index in [9.17, 15) is 9.59 Å². The number of hydrogen-bond acceptors (Lipinski definition) is 5. The van der Waals surface area contributed by atoms with Crippen LogP contribution in [0, 0.1) is 0 Å². The first-order chi connectivity index (χ1) is 16.9. The first kappa shape index (κ1) is 24.7. The lowest BCUT2D eigenvalue weighted by Crippen LogP contribution is -2.31. The number of rotatable bonds is 7. The Balaban J connectivity index is 1.48. The number of anilines is 1. The van der Waals surface area contributed by atoms with Crippen molar-refractivity contribution in [2.24, 2.45) is 0 Å². The molecule has 35 heavy (non-hydrogen) atoms. The summed E-state index contributed by atoms with van der Waals surface area (Å²) in [6.07, 6.45) is 2.53. The Kier molecular flexibility index (Phi) is 7.68. The lowest BCUT2D eigenvalue weighted by molar-refractivity contribution is -0.114. The molecule has 0 saturated carbocycles. The molecule has 0 atom stereocenters. The second-order valence-electron chi connectivity index (χ2n) is 7.90. The number of methoxy groups -OCH3 is 2. The number of amides is 2. The van der Waals surface area contributed by atoms with Crippen molar-refractivity contribution in [2.45, 2.75) is 11.3 Å². The average molecular weight is 509 g/mol. The summed E-state index contributed by atoms with van der Waals surface area (Å²) in [6, 6.07) is 18.5. The molecule has 3 aromatic carbocycles. The summed E-state index contributed by atoms with van der Waals surface area (Å²) in [6.45, 7) is 0.499. The maximum Gasteiger partial charge on any atom is 0.264 e. The van der Waals surface area contributed by atoms with Crippen LogP contribution in [0.2, 0.25) is 5.02 Å². The van der Waals surface area contributed by atoms with Gasteiger partial charge < -0.3 is 19.7 Å². The molecular weight excluding hydrogens is 484 g/mol. The Bertz CT molecular complexity index is 1290. The van der Waals surface area contributed by atoms with E-state index < -0.39 is 0 Å². The highest BCUT2D eigenvalue weighted by molar-refractivity contribution is 8.04. The quantitative estimate of drug-likeness (QED) is 0.430. The minimum absolute atomic E-state index is 0.141. The predicted molar refractivity (Wildman–Crippen MR) is 141 cm³/mol. The third-order valence-corrected chi connectivity index (χ3v) is 6.97. The van der Waals surface area contributed by atoms with Gasteiger partial charge in [-0.1, -0.05) is 41.6 Å². The van der Waals surface area contributed by atoms with Crippen LogP contribution in [-0.4, -0.2) is 39.6 Å². The van der Waals surface area contributed by atoms with E-state index in [1.54, 1.807) is 44.4 Å². The van der Waals surface area contributed by atoms with Crippen LogP contribution in [0.5, 0.6) is 11.5 Å². The molecule has 6 nitrogen and oxygen atoms in total. The van der Waals surface area contributed by atoms with Gasteiger partial charge in [-0.2, -0.15) is 0 Å². The molecule has 4 rings (SSSR count). The van der Waals surface area contributed by atoms with E-state index in [2.05, 4.69) is 5.32 Å². The van der Waals surface area contributed by atoms with Gasteiger partial charge >= 0.3 is 0 Å². The van der Waals surface area contributed by atoms with Gasteiger partial charge in [-0.05, 0) is 66.1 Å². The van der Waals surface area contributed by atoms with Gasteiger partial charge in [0, 0.05) is 29.1 Å². The molecule has 0 unspecified atom stereocenters. The topological polar surface area (TPSA) is 67.9 Å². The normalized spacial score (nSPS) is 14.0. The van der Waals surface area contributed by atoms with Crippen LogP contribution < -0.4 is 19.7 Å². The number of nitrogens with zero attached hydrogens (tertiary/aromatic N) is 1. The highest BCUT2D eigenvalue weighted by Crippen LogP contribution is 2.42. The van der Waals surface area contributed by atoms with Crippen molar-refractivity contribution < 1.29 is 19.1 Å². The molecule has 0 spiro atoms. The van der Waals surface area contributed by atoms with Crippen LogP contribution in [0.4, 0.5) is 5.69 Å². The van der Waals surface area contributed by atoms with E-state index in [-0.39, 0.29) is 11.8 Å². The van der Waals surface area contributed by atoms with Gasteiger partial charge in [-0.3, -0.25) is 9.59 Å². The van der Waals surface area contributed by atoms with E-state index >= 15 is 0 Å². The van der Waals surface area contributed by atoms with Crippen molar-refractivity contribution in [1.82, 2.24) is 5.32 Å². The maximum absolute atomic E-state index is 13.1. The number of halogens is 1. The fourth-order valence-electron chi connectivity index (χ4n) is 3.70. The molecule has 0 aromatic heterocycles. The molecule has 1 N–H and O–H groups in total. The SMILES string of the molecule is COc1ccc(/C=C2\Sc3ccc(C(=O)NCCc4ccc(Cl)cc4)cc3N(C)C2=O)cc1OC. The fourth-order valence-corrected chi connectivity index (χ4v) is 4.92. The Morgan fingerprint density at radius 1 is 1.03 bits per heavy atom. The summed E-state index contributed by atoms with van der Waals surface area (Å²) < 4.78 is 10.6. The van der Waals surface area contributed by atoms with Gasteiger partial charge in [0.05, 0.1) is 24.8 Å². The second kappa shape index (κ2) is 10.9. The van der Waals surface area contributed by atoms with Crippen LogP contribution in [0.3, 0.4) is 0 Å². The van der Waals surface area contributed by atoms with E-state index in [0.29, 0.717) is 45.6 Å². The number of likely N-dealkylation sites (N-methyl/N-ethyl adjacent to an activating group) is 1. The molecule has 180 valence electrons. The number of ether oxygens (including phenoxy) is 2. The number of thioether (sulfide) groups is 1. The van der Waals surface area contributed by atoms with Gasteiger partial charge in [0.15, 0.2) is 11.5 Å². The maximum atomic E-state index is 13.1. The van der Waals surface area contributed by atoms with Crippen LogP contribution in [-0.2, 0) is 11.2 Å². The van der Waals surface area contributed by atoms with Crippen molar-refractivity contribution >= 4 is 46.9 Å². The van der Waals surface area contributed by atoms with Crippen molar-refractivity contribution in [3.8, 4) is 11.5 Å². The molecule has 1 aliphatic rings. The van der Waals surface area contributed by atoms with Gasteiger partial charge in [0.2, 0.25) is 0 Å². The Morgan fingerprint density at radius 2 is 1.77 bits per heavy atom. The summed E-state index contributed by atoms with van der Waals surface area (Å²) in [5.74, 6) is 0.895. The highest BCUT2D eigenvalue weighted by Gasteiger charge is 2.27. The highest BCUT2D eigenvalue weighted by atomic mass is 35.5. The van der Waals surface area contributed by atoms with Crippen molar-refractivity contribution in [2.75, 3.05) is 32.7 Å². The number of carbonyl (C=O) groups excluding carboxylic acids is 2. The first-order valence-corrected chi connectivity index (χ1v) is 12.2. The average Bonchev–Trinajstić information content (AvgIpc) is 2.88. The fraction of sp³-hybridized carbons (Fsp3) is 0.185. The van der Waals surface area contributed by atoms with E-state index in [0.717, 1.165) is 16.0 Å². The molecule has 1 heterocycles. The third-order valence-electron chi connectivity index (χ3n) is 5.64. The predicted octanol–water partition coefficient (Wildman–Crippen LogP) is 5.44. The summed E-state index contributed by atoms with van der Waals surface area (Å²) in [7, 11) is 4.87. The zero-order valence-corrected chi connectivity index (χ0v) is 21.2. The van der Waals surface area contributed by atoms with Crippen molar-refractivity contribution in [3.05, 3.63) is 87.3 Å². The van der Waals surface area contributed by atoms with Gasteiger partial charge in [0.1, 0.15) is 0 Å². The van der Waals surface area contributed by atoms with Crippen LogP contribution in [0.1, 0.15) is 21.5 Å². The lowest BCUT2D eigenvalue weighted by atomic mass is 10.1. The molecule has 2 amide bonds. The summed E-state index contributed by atoms with van der Waals surface area (Å²) in [5, 5.41) is 3.63. The number of fused-ring (bicyclic) bond motifs is 1. The van der Waals surface area contributed by atoms with E-state index in [1.807, 2.05) is 48.5 Å². The van der Waals surface area contributed by atoms with E-state index in [4.69, 9.17) is 21.1 Å². The zero-order chi connectivity index (χ0) is 24.9. The zero-order valence-electron chi connectivity index (χ0n) is 19.6. The first-order valence-electron chi connectivity index (χ1n) is 11.0. The number of nitrogens with one attached hydrogen (secondary N) is 1. The standard InChI is InChI=1S/C27H25ClN2O4S/c1-30-21-16-19(26(31)29-13-12-17-4-8-20(28)9-5-17)7-11-24(21)35-25(27(30)32)15-18-6-10-22(33-2)23(14-18)34-3/h4-11,14-16H,12-13H2,1-3H3,(H,29,31)/b25-15-. The third kappa shape index (κ3) is 5.63. The largest absolute Gasteiger partial charge is 0.493 e. The minimum atomic E-state index is -0.181. The molecule has 8 heteroatoms. The van der Waals surface area contributed by atoms with E-state index in [1.165, 1.54) is 11.8 Å². The molecule has 0 fully saturated rings. The Hall–Kier alpha value is -3.42. The number of carbonyl (C=O) groups is 2. The molecule has 0 aliphatic carbocycles. The van der Waals surface area contributed by atoms with Gasteiger partial charge in [-0.15, -0.1) is 0 Å². The molecule has 3 aromatic rings. The Morgan fingerprint density at radius 3 is 2.49 bits per heavy atom. The molecule has 1 aliphatic heterocycles. The molecular formula is C27H25ClN2O4S.